The summed E-state index contributed by atoms with van der Waals surface area (Å²) in [4.78, 5) is 26.1. The van der Waals surface area contributed by atoms with E-state index >= 15 is 0 Å². The molecule has 3 rings (SSSR count). The SMILES string of the molecule is Cn1ccc(C2CCN(C(=O)Cc3ccc(O)c(Cl)c3)CC2)cc1=O. The zero-order valence-corrected chi connectivity index (χ0v) is 14.9. The first-order valence-electron chi connectivity index (χ1n) is 8.36. The summed E-state index contributed by atoms with van der Waals surface area (Å²) in [5.41, 5.74) is 1.85. The molecule has 0 atom stereocenters. The number of phenolic OH excluding ortho intramolecular Hbond substituents is 1. The molecule has 1 aliphatic heterocycles. The second kappa shape index (κ2) is 7.31. The molecule has 132 valence electrons. The molecule has 1 amide bonds. The second-order valence-corrected chi connectivity index (χ2v) is 6.93. The van der Waals surface area contributed by atoms with Crippen LogP contribution in [-0.2, 0) is 18.3 Å². The van der Waals surface area contributed by atoms with E-state index in [1.165, 1.54) is 6.07 Å². The van der Waals surface area contributed by atoms with Crippen LogP contribution in [0.2, 0.25) is 5.02 Å². The minimum absolute atomic E-state index is 0.000199. The van der Waals surface area contributed by atoms with Crippen molar-refractivity contribution < 1.29 is 9.90 Å². The van der Waals surface area contributed by atoms with Gasteiger partial charge in [0.2, 0.25) is 5.91 Å². The molecule has 0 aliphatic carbocycles. The highest BCUT2D eigenvalue weighted by molar-refractivity contribution is 6.32. The van der Waals surface area contributed by atoms with E-state index < -0.39 is 0 Å². The average molecular weight is 361 g/mol. The zero-order chi connectivity index (χ0) is 18.0. The second-order valence-electron chi connectivity index (χ2n) is 6.53. The summed E-state index contributed by atoms with van der Waals surface area (Å²) in [6.45, 7) is 1.37. The Hall–Kier alpha value is -2.27. The Morgan fingerprint density at radius 2 is 1.96 bits per heavy atom. The van der Waals surface area contributed by atoms with Gasteiger partial charge in [-0.1, -0.05) is 17.7 Å². The number of carbonyl (C=O) groups excluding carboxylic acids is 1. The van der Waals surface area contributed by atoms with Crippen LogP contribution in [-0.4, -0.2) is 33.6 Å². The topological polar surface area (TPSA) is 62.5 Å². The number of pyridine rings is 1. The molecule has 25 heavy (non-hydrogen) atoms. The number of amides is 1. The molecule has 0 radical (unpaired) electrons. The molecule has 1 aromatic carbocycles. The predicted octanol–water partition coefficient (Wildman–Crippen LogP) is 2.69. The van der Waals surface area contributed by atoms with Crippen molar-refractivity contribution >= 4 is 17.5 Å². The van der Waals surface area contributed by atoms with Crippen molar-refractivity contribution in [2.24, 2.45) is 7.05 Å². The minimum atomic E-state index is 0.000199. The van der Waals surface area contributed by atoms with E-state index in [-0.39, 0.29) is 28.7 Å². The van der Waals surface area contributed by atoms with Gasteiger partial charge in [0.1, 0.15) is 5.75 Å². The largest absolute Gasteiger partial charge is 0.506 e. The van der Waals surface area contributed by atoms with Gasteiger partial charge in [-0.05, 0) is 48.1 Å². The average Bonchev–Trinajstić information content (AvgIpc) is 2.61. The number of piperidine rings is 1. The van der Waals surface area contributed by atoms with Crippen LogP contribution < -0.4 is 5.56 Å². The van der Waals surface area contributed by atoms with Gasteiger partial charge in [-0.3, -0.25) is 9.59 Å². The van der Waals surface area contributed by atoms with Crippen molar-refractivity contribution in [1.82, 2.24) is 9.47 Å². The third kappa shape index (κ3) is 4.04. The first kappa shape index (κ1) is 17.5. The number of halogens is 1. The van der Waals surface area contributed by atoms with Crippen molar-refractivity contribution in [3.63, 3.8) is 0 Å². The summed E-state index contributed by atoms with van der Waals surface area (Å²) in [6.07, 6.45) is 3.78. The van der Waals surface area contributed by atoms with E-state index in [0.29, 0.717) is 19.0 Å². The molecule has 0 saturated carbocycles. The summed E-state index contributed by atoms with van der Waals surface area (Å²) < 4.78 is 1.56. The Bertz CT molecular complexity index is 839. The van der Waals surface area contributed by atoms with Crippen molar-refractivity contribution in [3.8, 4) is 5.75 Å². The van der Waals surface area contributed by atoms with Crippen LogP contribution >= 0.6 is 11.6 Å². The predicted molar refractivity (Wildman–Crippen MR) is 97.1 cm³/mol. The molecule has 5 nitrogen and oxygen atoms in total. The molecular formula is C19H21ClN2O3. The van der Waals surface area contributed by atoms with Crippen molar-refractivity contribution in [1.29, 1.82) is 0 Å². The Morgan fingerprint density at radius 1 is 1.24 bits per heavy atom. The third-order valence-electron chi connectivity index (χ3n) is 4.81. The van der Waals surface area contributed by atoms with Crippen molar-refractivity contribution in [2.75, 3.05) is 13.1 Å². The summed E-state index contributed by atoms with van der Waals surface area (Å²) in [6, 6.07) is 8.53. The lowest BCUT2D eigenvalue weighted by Crippen LogP contribution is -2.39. The highest BCUT2D eigenvalue weighted by atomic mass is 35.5. The third-order valence-corrected chi connectivity index (χ3v) is 5.12. The van der Waals surface area contributed by atoms with E-state index in [1.807, 2.05) is 11.0 Å². The number of aromatic hydroxyl groups is 1. The summed E-state index contributed by atoms with van der Waals surface area (Å²) >= 11 is 5.89. The van der Waals surface area contributed by atoms with E-state index in [4.69, 9.17) is 11.6 Å². The maximum absolute atomic E-state index is 12.5. The standard InChI is InChI=1S/C19H21ClN2O3/c1-21-7-4-15(12-18(21)24)14-5-8-22(9-6-14)19(25)11-13-2-3-17(23)16(20)10-13/h2-4,7,10,12,14,23H,5-6,8-9,11H2,1H3. The fourth-order valence-electron chi connectivity index (χ4n) is 3.23. The molecule has 0 bridgehead atoms. The fraction of sp³-hybridized carbons (Fsp3) is 0.368. The van der Waals surface area contributed by atoms with Gasteiger partial charge >= 0.3 is 0 Å². The van der Waals surface area contributed by atoms with Crippen LogP contribution in [0.15, 0.2) is 41.3 Å². The number of hydrogen-bond donors (Lipinski definition) is 1. The molecule has 1 saturated heterocycles. The van der Waals surface area contributed by atoms with Crippen LogP contribution in [0, 0.1) is 0 Å². The van der Waals surface area contributed by atoms with Crippen LogP contribution in [0.4, 0.5) is 0 Å². The van der Waals surface area contributed by atoms with E-state index in [0.717, 1.165) is 24.0 Å². The number of carbonyl (C=O) groups is 1. The van der Waals surface area contributed by atoms with Gasteiger partial charge in [-0.25, -0.2) is 0 Å². The molecule has 1 aromatic heterocycles. The molecular weight excluding hydrogens is 340 g/mol. The number of phenols is 1. The van der Waals surface area contributed by atoms with Crippen LogP contribution in [0.1, 0.15) is 29.9 Å². The molecule has 2 aromatic rings. The highest BCUT2D eigenvalue weighted by Crippen LogP contribution is 2.28. The van der Waals surface area contributed by atoms with Gasteiger partial charge in [-0.15, -0.1) is 0 Å². The van der Waals surface area contributed by atoms with Gasteiger partial charge in [-0.2, -0.15) is 0 Å². The molecule has 2 heterocycles. The van der Waals surface area contributed by atoms with Crippen LogP contribution in [0.25, 0.3) is 0 Å². The maximum Gasteiger partial charge on any atom is 0.250 e. The zero-order valence-electron chi connectivity index (χ0n) is 14.1. The number of nitrogens with zero attached hydrogens (tertiary/aromatic N) is 2. The lowest BCUT2D eigenvalue weighted by atomic mass is 9.90. The van der Waals surface area contributed by atoms with E-state index in [1.54, 1.807) is 36.0 Å². The summed E-state index contributed by atoms with van der Waals surface area (Å²) in [5.74, 6) is 0.401. The Morgan fingerprint density at radius 3 is 2.60 bits per heavy atom. The van der Waals surface area contributed by atoms with Gasteiger partial charge in [0.25, 0.3) is 5.56 Å². The number of benzene rings is 1. The van der Waals surface area contributed by atoms with Crippen LogP contribution in [0.5, 0.6) is 5.75 Å². The van der Waals surface area contributed by atoms with Crippen molar-refractivity contribution in [3.05, 3.63) is 63.0 Å². The van der Waals surface area contributed by atoms with Crippen LogP contribution in [0.3, 0.4) is 0 Å². The van der Waals surface area contributed by atoms with Crippen molar-refractivity contribution in [2.45, 2.75) is 25.2 Å². The molecule has 0 unspecified atom stereocenters. The first-order chi connectivity index (χ1) is 11.9. The molecule has 1 N–H and O–H groups in total. The normalized spacial score (nSPS) is 15.4. The molecule has 6 heteroatoms. The van der Waals surface area contributed by atoms with Gasteiger partial charge in [0.15, 0.2) is 0 Å². The van der Waals surface area contributed by atoms with E-state index in [9.17, 15) is 14.7 Å². The number of aromatic nitrogens is 1. The monoisotopic (exact) mass is 360 g/mol. The molecule has 1 fully saturated rings. The Labute approximate surface area is 151 Å². The Kier molecular flexibility index (Phi) is 5.13. The lowest BCUT2D eigenvalue weighted by molar-refractivity contribution is -0.131. The number of aryl methyl sites for hydroxylation is 1. The lowest BCUT2D eigenvalue weighted by Gasteiger charge is -2.32. The van der Waals surface area contributed by atoms with Gasteiger partial charge < -0.3 is 14.6 Å². The highest BCUT2D eigenvalue weighted by Gasteiger charge is 2.24. The molecule has 1 aliphatic rings. The molecule has 0 spiro atoms. The minimum Gasteiger partial charge on any atom is -0.506 e. The Balaban J connectivity index is 1.59. The maximum atomic E-state index is 12.5. The fourth-order valence-corrected chi connectivity index (χ4v) is 3.43. The summed E-state index contributed by atoms with van der Waals surface area (Å²) in [5, 5.41) is 9.71. The van der Waals surface area contributed by atoms with Gasteiger partial charge in [0.05, 0.1) is 11.4 Å². The van der Waals surface area contributed by atoms with E-state index in [2.05, 4.69) is 0 Å². The smallest absolute Gasteiger partial charge is 0.250 e. The first-order valence-corrected chi connectivity index (χ1v) is 8.73. The number of hydrogen-bond acceptors (Lipinski definition) is 3. The van der Waals surface area contributed by atoms with Gasteiger partial charge in [0, 0.05) is 32.4 Å². The quantitative estimate of drug-likeness (QED) is 0.915. The number of likely N-dealkylation sites (tertiary alicyclic amines) is 1. The summed E-state index contributed by atoms with van der Waals surface area (Å²) in [7, 11) is 1.74. The number of rotatable bonds is 3.